The van der Waals surface area contributed by atoms with Crippen LogP contribution in [0.4, 0.5) is 0 Å². The molecule has 1 rings (SSSR count). The Morgan fingerprint density at radius 1 is 1.86 bits per heavy atom. The lowest BCUT2D eigenvalue weighted by molar-refractivity contribution is 0.396. The third-order valence-corrected chi connectivity index (χ3v) is 0.856. The van der Waals surface area contributed by atoms with Gasteiger partial charge in [-0.25, -0.2) is 0 Å². The fourth-order valence-corrected chi connectivity index (χ4v) is 0.477. The highest BCUT2D eigenvalue weighted by Gasteiger charge is 1.98. The average molecular weight is 96.1 g/mol. The molecule has 2 nitrogen and oxygen atoms in total. The Balaban J connectivity index is 2.11. The summed E-state index contributed by atoms with van der Waals surface area (Å²) >= 11 is 0. The number of nitrogens with zero attached hydrogens (tertiary/aromatic N) is 1. The summed E-state index contributed by atoms with van der Waals surface area (Å²) in [7, 11) is 1.92. The maximum Gasteiger partial charge on any atom is 0.0902 e. The molecule has 0 aliphatic carbocycles. The van der Waals surface area contributed by atoms with Gasteiger partial charge in [0, 0.05) is 6.04 Å². The zero-order valence-electron chi connectivity index (χ0n) is 4.36. The maximum atomic E-state index is 2.99. The lowest BCUT2D eigenvalue weighted by Gasteiger charge is -2.18. The average Bonchev–Trinajstić information content (AvgIpc) is 1.55. The molecule has 2 heteroatoms. The Kier molecular flexibility index (Phi) is 1.19. The van der Waals surface area contributed by atoms with Gasteiger partial charge in [0.2, 0.25) is 0 Å². The van der Waals surface area contributed by atoms with Crippen LogP contribution in [0.3, 0.4) is 0 Å². The second kappa shape index (κ2) is 1.85. The van der Waals surface area contributed by atoms with Crippen molar-refractivity contribution in [3.05, 3.63) is 0 Å². The van der Waals surface area contributed by atoms with Crippen LogP contribution in [0.1, 0.15) is 0 Å². The van der Waals surface area contributed by atoms with Gasteiger partial charge in [0.15, 0.2) is 0 Å². The quantitative estimate of drug-likeness (QED) is 0.463. The van der Waals surface area contributed by atoms with E-state index in [9.17, 15) is 0 Å². The third kappa shape index (κ3) is 0.847. The second-order valence-electron chi connectivity index (χ2n) is 1.50. The highest BCUT2D eigenvalue weighted by Crippen LogP contribution is 1.86. The number of hydrogen-bond acceptors (Lipinski definition) is 2. The molecule has 0 spiro atoms. The Labute approximate surface area is 43.5 Å². The summed E-state index contributed by atoms with van der Waals surface area (Å²) in [5.41, 5.74) is 0. The molecule has 0 aromatic carbocycles. The van der Waals surface area contributed by atoms with Crippen molar-refractivity contribution in [2.24, 2.45) is 0 Å². The van der Waals surface area contributed by atoms with Gasteiger partial charge in [0.05, 0.1) is 13.2 Å². The van der Waals surface area contributed by atoms with Crippen LogP contribution >= 0.6 is 0 Å². The van der Waals surface area contributed by atoms with E-state index < -0.39 is 0 Å². The maximum absolute atomic E-state index is 2.99. The van der Waals surface area contributed by atoms with Crippen LogP contribution < -0.4 is 5.32 Å². The molecule has 38 valence electrons. The highest BCUT2D eigenvalue weighted by molar-refractivity contribution is 5.11. The summed E-state index contributed by atoms with van der Waals surface area (Å²) in [6, 6.07) is 2.87. The first kappa shape index (κ1) is 4.48. The molecule has 0 atom stereocenters. The minimum atomic E-state index is 0.896. The number of nitrogens with one attached hydrogen (secondary N) is 1. The second-order valence-corrected chi connectivity index (χ2v) is 1.50. The smallest absolute Gasteiger partial charge is 0.0902 e. The summed E-state index contributed by atoms with van der Waals surface area (Å²) in [5, 5.41) is 2.99. The molecule has 1 N–H and O–H groups in total. The van der Waals surface area contributed by atoms with Crippen molar-refractivity contribution in [1.82, 2.24) is 10.2 Å². The molecule has 0 radical (unpaired) electrons. The van der Waals surface area contributed by atoms with Crippen LogP contribution in [0.5, 0.6) is 0 Å². The van der Waals surface area contributed by atoms with Crippen LogP contribution in [0.2, 0.25) is 0 Å². The predicted molar refractivity (Wildman–Crippen MR) is 28.4 cm³/mol. The standard InChI is InChI=1S/C5H8N2/c1-6-5-7-3-2-4-7/h6H,3,5H2,1H3. The van der Waals surface area contributed by atoms with Gasteiger partial charge in [-0.05, 0) is 7.05 Å². The Morgan fingerprint density at radius 2 is 2.57 bits per heavy atom. The van der Waals surface area contributed by atoms with E-state index in [0.717, 1.165) is 13.2 Å². The van der Waals surface area contributed by atoms with E-state index in [-0.39, 0.29) is 0 Å². The molecule has 0 bridgehead atoms. The van der Waals surface area contributed by atoms with E-state index >= 15 is 0 Å². The van der Waals surface area contributed by atoms with Gasteiger partial charge in [0.25, 0.3) is 0 Å². The van der Waals surface area contributed by atoms with Crippen molar-refractivity contribution < 1.29 is 0 Å². The van der Waals surface area contributed by atoms with Gasteiger partial charge in [-0.15, -0.1) is 0 Å². The molecule has 7 heavy (non-hydrogen) atoms. The largest absolute Gasteiger partial charge is 0.307 e. The predicted octanol–water partition coefficient (Wildman–Crippen LogP) is -0.560. The highest BCUT2D eigenvalue weighted by atomic mass is 15.2. The molecule has 1 aliphatic heterocycles. The molecule has 0 saturated heterocycles. The number of rotatable bonds is 2. The van der Waals surface area contributed by atoms with E-state index in [2.05, 4.69) is 17.3 Å². The van der Waals surface area contributed by atoms with Gasteiger partial charge in [-0.2, -0.15) is 0 Å². The van der Waals surface area contributed by atoms with E-state index in [1.807, 2.05) is 11.9 Å². The summed E-state index contributed by atoms with van der Waals surface area (Å²) in [6.07, 6.45) is 0. The number of hydrogen-bond donors (Lipinski definition) is 1. The Bertz CT molecular complexity index is 109. The minimum absolute atomic E-state index is 0.896. The molecule has 0 aromatic heterocycles. The van der Waals surface area contributed by atoms with E-state index in [1.165, 1.54) is 0 Å². The summed E-state index contributed by atoms with van der Waals surface area (Å²) in [4.78, 5) is 2.01. The van der Waals surface area contributed by atoms with Crippen molar-refractivity contribution in [3.8, 4) is 12.0 Å². The topological polar surface area (TPSA) is 15.3 Å². The first-order valence-corrected chi connectivity index (χ1v) is 2.31. The summed E-state index contributed by atoms with van der Waals surface area (Å²) in [6.45, 7) is 1.83. The minimum Gasteiger partial charge on any atom is -0.307 e. The zero-order chi connectivity index (χ0) is 5.11. The van der Waals surface area contributed by atoms with Crippen molar-refractivity contribution in [2.75, 3.05) is 20.3 Å². The van der Waals surface area contributed by atoms with Crippen LogP contribution in [-0.4, -0.2) is 25.2 Å². The fraction of sp³-hybridized carbons (Fsp3) is 0.600. The van der Waals surface area contributed by atoms with Crippen molar-refractivity contribution in [2.45, 2.75) is 0 Å². The molecule has 0 saturated carbocycles. The van der Waals surface area contributed by atoms with Crippen LogP contribution in [0.15, 0.2) is 0 Å². The SMILES string of the molecule is CNCN1C#CC1. The van der Waals surface area contributed by atoms with Gasteiger partial charge in [-0.1, -0.05) is 5.92 Å². The van der Waals surface area contributed by atoms with E-state index in [1.54, 1.807) is 0 Å². The molecule has 1 heterocycles. The lowest BCUT2D eigenvalue weighted by atomic mass is 10.5. The molecule has 0 amide bonds. The molecule has 0 fully saturated rings. The van der Waals surface area contributed by atoms with E-state index in [0.29, 0.717) is 0 Å². The monoisotopic (exact) mass is 96.1 g/mol. The van der Waals surface area contributed by atoms with Crippen molar-refractivity contribution in [1.29, 1.82) is 0 Å². The van der Waals surface area contributed by atoms with Gasteiger partial charge in [-0.3, -0.25) is 0 Å². The van der Waals surface area contributed by atoms with Crippen LogP contribution in [-0.2, 0) is 0 Å². The van der Waals surface area contributed by atoms with Crippen molar-refractivity contribution in [3.63, 3.8) is 0 Å². The Morgan fingerprint density at radius 3 is 2.71 bits per heavy atom. The molecule has 0 aromatic rings. The van der Waals surface area contributed by atoms with Gasteiger partial charge < -0.3 is 10.2 Å². The Hall–Kier alpha value is -0.680. The molecule has 0 unspecified atom stereocenters. The molecular formula is C5H8N2. The summed E-state index contributed by atoms with van der Waals surface area (Å²) in [5.74, 6) is 2.88. The van der Waals surface area contributed by atoms with Crippen molar-refractivity contribution >= 4 is 0 Å². The molecular weight excluding hydrogens is 88.1 g/mol. The van der Waals surface area contributed by atoms with Crippen LogP contribution in [0.25, 0.3) is 0 Å². The first-order chi connectivity index (χ1) is 3.43. The van der Waals surface area contributed by atoms with Gasteiger partial charge in [0.1, 0.15) is 0 Å². The molecule has 1 aliphatic rings. The lowest BCUT2D eigenvalue weighted by Crippen LogP contribution is -2.32. The van der Waals surface area contributed by atoms with Gasteiger partial charge >= 0.3 is 0 Å². The van der Waals surface area contributed by atoms with Crippen LogP contribution in [0, 0.1) is 12.0 Å². The first-order valence-electron chi connectivity index (χ1n) is 2.31. The summed E-state index contributed by atoms with van der Waals surface area (Å²) < 4.78 is 0. The zero-order valence-corrected chi connectivity index (χ0v) is 4.36. The fourth-order valence-electron chi connectivity index (χ4n) is 0.477. The normalized spacial score (nSPS) is 14.7. The third-order valence-electron chi connectivity index (χ3n) is 0.856. The van der Waals surface area contributed by atoms with E-state index in [4.69, 9.17) is 0 Å².